The summed E-state index contributed by atoms with van der Waals surface area (Å²) in [6.45, 7) is 8.31. The number of rotatable bonds is 4. The lowest BCUT2D eigenvalue weighted by Crippen LogP contribution is -2.60. The summed E-state index contributed by atoms with van der Waals surface area (Å²) in [6, 6.07) is 6.34. The van der Waals surface area contributed by atoms with Gasteiger partial charge in [0.05, 0.1) is 17.6 Å². The first-order valence-electron chi connectivity index (χ1n) is 9.56. The second kappa shape index (κ2) is 6.57. The minimum Gasteiger partial charge on any atom is -0.344 e. The lowest BCUT2D eigenvalue weighted by atomic mass is 9.79. The van der Waals surface area contributed by atoms with Crippen molar-refractivity contribution in [3.63, 3.8) is 0 Å². The standard InChI is InChI=1S/C20H26O8S/c1-12-6-8-13(9-7-12)29(22,23)24-11-20-10-14-16(26-18(2,3)25-14)15(21)17(20)27-19(4,5)28-20/h6-9,14,16-17H,10-11H2,1-5H3/t14-,16?,17+,20+/m1/s1. The van der Waals surface area contributed by atoms with E-state index in [0.29, 0.717) is 0 Å². The van der Waals surface area contributed by atoms with E-state index in [0.717, 1.165) is 5.56 Å². The maximum absolute atomic E-state index is 13.1. The van der Waals surface area contributed by atoms with Gasteiger partial charge in [0.15, 0.2) is 23.5 Å². The van der Waals surface area contributed by atoms with Crippen molar-refractivity contribution in [2.75, 3.05) is 6.61 Å². The predicted molar refractivity (Wildman–Crippen MR) is 101 cm³/mol. The van der Waals surface area contributed by atoms with E-state index in [1.807, 2.05) is 6.92 Å². The van der Waals surface area contributed by atoms with Crippen LogP contribution in [0.5, 0.6) is 0 Å². The third-order valence-corrected chi connectivity index (χ3v) is 6.64. The zero-order chi connectivity index (χ0) is 21.2. The van der Waals surface area contributed by atoms with Gasteiger partial charge in [-0.1, -0.05) is 17.7 Å². The highest BCUT2D eigenvalue weighted by molar-refractivity contribution is 7.86. The summed E-state index contributed by atoms with van der Waals surface area (Å²) in [5, 5.41) is 0. The normalized spacial score (nSPS) is 35.3. The Labute approximate surface area is 170 Å². The molecular weight excluding hydrogens is 400 g/mol. The summed E-state index contributed by atoms with van der Waals surface area (Å²) in [6.07, 6.45) is -2.15. The molecule has 0 amide bonds. The Morgan fingerprint density at radius 3 is 2.34 bits per heavy atom. The minimum absolute atomic E-state index is 0.0378. The molecule has 4 atom stereocenters. The number of aryl methyl sites for hydroxylation is 1. The van der Waals surface area contributed by atoms with Gasteiger partial charge in [0.1, 0.15) is 11.7 Å². The molecule has 0 N–H and O–H groups in total. The summed E-state index contributed by atoms with van der Waals surface area (Å²) in [5.41, 5.74) is -0.356. The lowest BCUT2D eigenvalue weighted by Gasteiger charge is -2.38. The molecule has 1 saturated carbocycles. The van der Waals surface area contributed by atoms with Crippen molar-refractivity contribution in [1.29, 1.82) is 0 Å². The van der Waals surface area contributed by atoms with Crippen LogP contribution in [0.25, 0.3) is 0 Å². The molecule has 0 radical (unpaired) electrons. The molecule has 1 aromatic rings. The van der Waals surface area contributed by atoms with Crippen LogP contribution >= 0.6 is 0 Å². The van der Waals surface area contributed by atoms with E-state index in [-0.39, 0.29) is 23.7 Å². The van der Waals surface area contributed by atoms with E-state index in [9.17, 15) is 13.2 Å². The maximum Gasteiger partial charge on any atom is 0.297 e. The van der Waals surface area contributed by atoms with Crippen LogP contribution in [-0.2, 0) is 38.0 Å². The molecule has 0 aromatic heterocycles. The van der Waals surface area contributed by atoms with Gasteiger partial charge in [-0.2, -0.15) is 8.42 Å². The number of carbonyl (C=O) groups excluding carboxylic acids is 1. The largest absolute Gasteiger partial charge is 0.344 e. The highest BCUT2D eigenvalue weighted by atomic mass is 32.2. The molecule has 1 aromatic carbocycles. The first-order valence-corrected chi connectivity index (χ1v) is 11.0. The van der Waals surface area contributed by atoms with E-state index >= 15 is 0 Å². The first kappa shape index (κ1) is 20.9. The summed E-state index contributed by atoms with van der Waals surface area (Å²) in [7, 11) is -4.04. The van der Waals surface area contributed by atoms with Gasteiger partial charge in [0.25, 0.3) is 10.1 Å². The van der Waals surface area contributed by atoms with Crippen LogP contribution in [0.15, 0.2) is 29.2 Å². The zero-order valence-electron chi connectivity index (χ0n) is 17.1. The number of hydrogen-bond donors (Lipinski definition) is 0. The van der Waals surface area contributed by atoms with E-state index < -0.39 is 45.6 Å². The van der Waals surface area contributed by atoms with E-state index in [1.165, 1.54) is 12.1 Å². The highest BCUT2D eigenvalue weighted by Crippen LogP contribution is 2.48. The third-order valence-electron chi connectivity index (χ3n) is 5.37. The number of ketones is 1. The Bertz CT molecular complexity index is 920. The van der Waals surface area contributed by atoms with Crippen molar-refractivity contribution in [2.24, 2.45) is 0 Å². The number of Topliss-reactive ketones (excluding diaryl/α,β-unsaturated/α-hetero) is 1. The Morgan fingerprint density at radius 2 is 1.69 bits per heavy atom. The van der Waals surface area contributed by atoms with Gasteiger partial charge < -0.3 is 18.9 Å². The number of benzene rings is 1. The molecular formula is C20H26O8S. The molecule has 0 spiro atoms. The molecule has 8 nitrogen and oxygen atoms in total. The second-order valence-electron chi connectivity index (χ2n) is 8.80. The molecule has 0 bridgehead atoms. The van der Waals surface area contributed by atoms with Gasteiger partial charge in [-0.15, -0.1) is 0 Å². The smallest absolute Gasteiger partial charge is 0.297 e. The fourth-order valence-electron chi connectivity index (χ4n) is 4.25. The van der Waals surface area contributed by atoms with Gasteiger partial charge in [0.2, 0.25) is 0 Å². The van der Waals surface area contributed by atoms with Gasteiger partial charge in [0, 0.05) is 6.42 Å². The Hall–Kier alpha value is -1.36. The maximum atomic E-state index is 13.1. The predicted octanol–water partition coefficient (Wildman–Crippen LogP) is 2.08. The van der Waals surface area contributed by atoms with Crippen LogP contribution in [0, 0.1) is 6.92 Å². The molecule has 1 aliphatic carbocycles. The van der Waals surface area contributed by atoms with Gasteiger partial charge in [-0.05, 0) is 46.8 Å². The molecule has 29 heavy (non-hydrogen) atoms. The van der Waals surface area contributed by atoms with E-state index in [1.54, 1.807) is 39.8 Å². The molecule has 1 unspecified atom stereocenters. The number of carbonyl (C=O) groups is 1. The van der Waals surface area contributed by atoms with E-state index in [4.69, 9.17) is 23.1 Å². The molecule has 2 saturated heterocycles. The molecule has 9 heteroatoms. The topological polar surface area (TPSA) is 97.4 Å². The van der Waals surface area contributed by atoms with Crippen LogP contribution in [0.4, 0.5) is 0 Å². The summed E-state index contributed by atoms with van der Waals surface area (Å²) >= 11 is 0. The second-order valence-corrected chi connectivity index (χ2v) is 10.4. The van der Waals surface area contributed by atoms with E-state index in [2.05, 4.69) is 0 Å². The number of ether oxygens (including phenoxy) is 4. The van der Waals surface area contributed by atoms with Crippen LogP contribution in [0.3, 0.4) is 0 Å². The first-order chi connectivity index (χ1) is 13.3. The zero-order valence-corrected chi connectivity index (χ0v) is 17.9. The third kappa shape index (κ3) is 3.75. The van der Waals surface area contributed by atoms with Crippen molar-refractivity contribution in [3.05, 3.63) is 29.8 Å². The van der Waals surface area contributed by atoms with Crippen LogP contribution in [0.2, 0.25) is 0 Å². The monoisotopic (exact) mass is 426 g/mol. The molecule has 4 rings (SSSR count). The van der Waals surface area contributed by atoms with Crippen molar-refractivity contribution in [3.8, 4) is 0 Å². The van der Waals surface area contributed by atoms with Gasteiger partial charge in [-0.25, -0.2) is 0 Å². The van der Waals surface area contributed by atoms with Crippen LogP contribution in [-0.4, -0.2) is 56.3 Å². The minimum atomic E-state index is -4.04. The average Bonchev–Trinajstić information content (AvgIpc) is 3.06. The highest BCUT2D eigenvalue weighted by Gasteiger charge is 2.66. The van der Waals surface area contributed by atoms with Crippen molar-refractivity contribution in [1.82, 2.24) is 0 Å². The van der Waals surface area contributed by atoms with Crippen molar-refractivity contribution < 1.29 is 36.3 Å². The molecule has 160 valence electrons. The Kier molecular flexibility index (Phi) is 4.73. The Balaban J connectivity index is 1.61. The summed E-state index contributed by atoms with van der Waals surface area (Å²) in [4.78, 5) is 13.1. The molecule has 3 fully saturated rings. The summed E-state index contributed by atoms with van der Waals surface area (Å²) < 4.78 is 54.3. The quantitative estimate of drug-likeness (QED) is 0.675. The molecule has 3 aliphatic rings. The lowest BCUT2D eigenvalue weighted by molar-refractivity contribution is -0.181. The fraction of sp³-hybridized carbons (Fsp3) is 0.650. The van der Waals surface area contributed by atoms with Crippen LogP contribution in [0.1, 0.15) is 39.7 Å². The van der Waals surface area contributed by atoms with Gasteiger partial charge in [-0.3, -0.25) is 8.98 Å². The van der Waals surface area contributed by atoms with Crippen molar-refractivity contribution in [2.45, 2.75) is 81.4 Å². The molecule has 2 heterocycles. The average molecular weight is 426 g/mol. The number of hydrogen-bond acceptors (Lipinski definition) is 8. The fourth-order valence-corrected chi connectivity index (χ4v) is 5.21. The van der Waals surface area contributed by atoms with Crippen LogP contribution < -0.4 is 0 Å². The van der Waals surface area contributed by atoms with Gasteiger partial charge >= 0.3 is 0 Å². The van der Waals surface area contributed by atoms with Crippen molar-refractivity contribution >= 4 is 15.9 Å². The summed E-state index contributed by atoms with van der Waals surface area (Å²) in [5.74, 6) is -2.32. The SMILES string of the molecule is Cc1ccc(S(=O)(=O)OC[C@@]23C[C@H]4OC(C)(C)OC4C(=O)[C@@H]2OC(C)(C)O3)cc1. The number of fused-ring (bicyclic) bond motifs is 2. The Morgan fingerprint density at radius 1 is 1.03 bits per heavy atom. The molecule has 2 aliphatic heterocycles.